The lowest BCUT2D eigenvalue weighted by Gasteiger charge is -2.28. The number of hydrogen-bond donors (Lipinski definition) is 1. The van der Waals surface area contributed by atoms with E-state index in [1.54, 1.807) is 6.92 Å². The van der Waals surface area contributed by atoms with Crippen LogP contribution < -0.4 is 0 Å². The Hall–Kier alpha value is -3.79. The molecule has 184 valence electrons. The molecule has 4 heterocycles. The van der Waals surface area contributed by atoms with Gasteiger partial charge in [0.05, 0.1) is 35.3 Å². The molecule has 2 atom stereocenters. The second-order valence-electron chi connectivity index (χ2n) is 9.42. The van der Waals surface area contributed by atoms with Gasteiger partial charge in [0.2, 0.25) is 0 Å². The summed E-state index contributed by atoms with van der Waals surface area (Å²) < 4.78 is 36.5. The lowest BCUT2D eigenvalue weighted by Crippen LogP contribution is -2.20. The monoisotopic (exact) mass is 491 g/mol. The molecule has 3 aromatic heterocycles. The van der Waals surface area contributed by atoms with Gasteiger partial charge in [-0.25, -0.2) is 28.5 Å². The van der Waals surface area contributed by atoms with E-state index < -0.39 is 17.6 Å². The van der Waals surface area contributed by atoms with Crippen LogP contribution in [-0.2, 0) is 4.74 Å². The molecule has 0 bridgehead atoms. The molecule has 1 aromatic carbocycles. The molecule has 0 radical (unpaired) electrons. The molecule has 1 aliphatic heterocycles. The van der Waals surface area contributed by atoms with Crippen molar-refractivity contribution in [2.75, 3.05) is 6.61 Å². The zero-order chi connectivity index (χ0) is 25.0. The van der Waals surface area contributed by atoms with E-state index in [-0.39, 0.29) is 34.5 Å². The first-order chi connectivity index (χ1) is 17.4. The number of rotatable bonds is 5. The molecule has 8 nitrogen and oxygen atoms in total. The Morgan fingerprint density at radius 3 is 2.72 bits per heavy atom. The number of ether oxygens (including phenoxy) is 1. The number of nitrogens with zero attached hydrogens (tertiary/aromatic N) is 5. The third-order valence-corrected chi connectivity index (χ3v) is 6.87. The second kappa shape index (κ2) is 8.70. The van der Waals surface area contributed by atoms with Crippen molar-refractivity contribution in [2.45, 2.75) is 50.7 Å². The van der Waals surface area contributed by atoms with Crippen LogP contribution in [0, 0.1) is 18.6 Å². The normalized spacial score (nSPS) is 20.1. The van der Waals surface area contributed by atoms with E-state index in [2.05, 4.69) is 15.1 Å². The van der Waals surface area contributed by atoms with Gasteiger partial charge in [0.15, 0.2) is 5.65 Å². The van der Waals surface area contributed by atoms with Crippen molar-refractivity contribution in [2.24, 2.45) is 0 Å². The van der Waals surface area contributed by atoms with Gasteiger partial charge in [-0.2, -0.15) is 5.10 Å². The maximum atomic E-state index is 14.9. The minimum atomic E-state index is -1.16. The summed E-state index contributed by atoms with van der Waals surface area (Å²) in [4.78, 5) is 25.5. The molecule has 2 aliphatic rings. The Morgan fingerprint density at radius 1 is 1.14 bits per heavy atom. The van der Waals surface area contributed by atoms with Crippen LogP contribution in [0.15, 0.2) is 36.7 Å². The van der Waals surface area contributed by atoms with Crippen LogP contribution in [0.5, 0.6) is 0 Å². The van der Waals surface area contributed by atoms with Crippen molar-refractivity contribution < 1.29 is 23.4 Å². The zero-order valence-electron chi connectivity index (χ0n) is 19.5. The third-order valence-electron chi connectivity index (χ3n) is 6.87. The summed E-state index contributed by atoms with van der Waals surface area (Å²) in [5.41, 5.74) is 1.78. The van der Waals surface area contributed by atoms with Crippen molar-refractivity contribution in [3.05, 3.63) is 70.9 Å². The van der Waals surface area contributed by atoms with Crippen LogP contribution in [0.1, 0.15) is 71.2 Å². The molecule has 4 aromatic rings. The Balaban J connectivity index is 1.44. The van der Waals surface area contributed by atoms with Crippen LogP contribution in [0.3, 0.4) is 0 Å². The minimum Gasteiger partial charge on any atom is -0.478 e. The van der Waals surface area contributed by atoms with Gasteiger partial charge >= 0.3 is 5.97 Å². The number of carboxylic acids is 1. The van der Waals surface area contributed by atoms with Gasteiger partial charge in [0, 0.05) is 41.3 Å². The molecule has 0 amide bonds. The average Bonchev–Trinajstić information content (AvgIpc) is 3.59. The number of carboxylic acid groups (broad SMARTS) is 1. The van der Waals surface area contributed by atoms with Gasteiger partial charge in [-0.15, -0.1) is 0 Å². The molecule has 1 saturated heterocycles. The molecule has 0 spiro atoms. The largest absolute Gasteiger partial charge is 0.478 e. The van der Waals surface area contributed by atoms with Crippen molar-refractivity contribution in [3.8, 4) is 11.3 Å². The number of halogens is 2. The first kappa shape index (κ1) is 22.7. The van der Waals surface area contributed by atoms with E-state index in [1.165, 1.54) is 12.1 Å². The number of benzene rings is 1. The fourth-order valence-electron chi connectivity index (χ4n) is 4.77. The molecule has 2 unspecified atom stereocenters. The van der Waals surface area contributed by atoms with E-state index >= 15 is 0 Å². The number of hydrogen-bond acceptors (Lipinski definition) is 6. The summed E-state index contributed by atoms with van der Waals surface area (Å²) >= 11 is 0. The SMILES string of the molecule is Cc1nc2nc(C3CCOC(c4cnn(C5CC5)c4)C3)nc(-c3ccc(F)cc3F)c2cc1C(=O)O. The number of aromatic carboxylic acids is 1. The van der Waals surface area contributed by atoms with Gasteiger partial charge < -0.3 is 9.84 Å². The molecule has 10 heteroatoms. The molecule has 1 N–H and O–H groups in total. The molecule has 1 saturated carbocycles. The summed E-state index contributed by atoms with van der Waals surface area (Å²) in [6.07, 6.45) is 7.24. The van der Waals surface area contributed by atoms with Gasteiger partial charge in [-0.05, 0) is 50.8 Å². The average molecular weight is 491 g/mol. The summed E-state index contributed by atoms with van der Waals surface area (Å²) in [5, 5.41) is 14.4. The highest BCUT2D eigenvalue weighted by Crippen LogP contribution is 2.40. The standard InChI is InChI=1S/C26H23F2N5O3/c1-13-19(26(34)35)10-20-23(18-5-2-16(27)9-21(18)28)31-24(32-25(20)30-13)14-6-7-36-22(8-14)15-11-29-33(12-15)17-3-4-17/h2,5,9-12,14,17,22H,3-4,6-8H2,1H3,(H,34,35). The molecule has 1 aliphatic carbocycles. The number of aryl methyl sites for hydroxylation is 1. The van der Waals surface area contributed by atoms with Crippen molar-refractivity contribution in [1.29, 1.82) is 0 Å². The Labute approximate surface area is 205 Å². The fourth-order valence-corrected chi connectivity index (χ4v) is 4.77. The number of pyridine rings is 1. The van der Waals surface area contributed by atoms with Crippen LogP contribution in [0.2, 0.25) is 0 Å². The summed E-state index contributed by atoms with van der Waals surface area (Å²) in [6, 6.07) is 5.11. The van der Waals surface area contributed by atoms with Crippen molar-refractivity contribution in [3.63, 3.8) is 0 Å². The number of fused-ring (bicyclic) bond motifs is 1. The predicted octanol–water partition coefficient (Wildman–Crippen LogP) is 5.14. The topological polar surface area (TPSA) is 103 Å². The molecule has 6 rings (SSSR count). The maximum Gasteiger partial charge on any atom is 0.337 e. The first-order valence-electron chi connectivity index (χ1n) is 11.9. The van der Waals surface area contributed by atoms with Crippen LogP contribution in [-0.4, -0.2) is 42.4 Å². The van der Waals surface area contributed by atoms with Crippen LogP contribution >= 0.6 is 0 Å². The van der Waals surface area contributed by atoms with E-state index in [0.29, 0.717) is 42.4 Å². The predicted molar refractivity (Wildman–Crippen MR) is 126 cm³/mol. The minimum absolute atomic E-state index is 0.0265. The highest BCUT2D eigenvalue weighted by atomic mass is 19.1. The number of aromatic nitrogens is 5. The van der Waals surface area contributed by atoms with Crippen molar-refractivity contribution in [1.82, 2.24) is 24.7 Å². The highest BCUT2D eigenvalue weighted by molar-refractivity contribution is 5.97. The quantitative estimate of drug-likeness (QED) is 0.412. The lowest BCUT2D eigenvalue weighted by molar-refractivity contribution is 0.00396. The van der Waals surface area contributed by atoms with Gasteiger partial charge in [0.1, 0.15) is 17.5 Å². The van der Waals surface area contributed by atoms with Crippen LogP contribution in [0.4, 0.5) is 8.78 Å². The molecule has 36 heavy (non-hydrogen) atoms. The fraction of sp³-hybridized carbons (Fsp3) is 0.346. The Kier molecular flexibility index (Phi) is 5.48. The van der Waals surface area contributed by atoms with Crippen molar-refractivity contribution >= 4 is 17.0 Å². The van der Waals surface area contributed by atoms with E-state index in [4.69, 9.17) is 9.72 Å². The summed E-state index contributed by atoms with van der Waals surface area (Å²) in [6.45, 7) is 2.08. The summed E-state index contributed by atoms with van der Waals surface area (Å²) in [5.74, 6) is -2.29. The third kappa shape index (κ3) is 4.11. The molecule has 2 fully saturated rings. The van der Waals surface area contributed by atoms with E-state index in [9.17, 15) is 18.7 Å². The van der Waals surface area contributed by atoms with Crippen LogP contribution in [0.25, 0.3) is 22.3 Å². The first-order valence-corrected chi connectivity index (χ1v) is 11.9. The second-order valence-corrected chi connectivity index (χ2v) is 9.42. The highest BCUT2D eigenvalue weighted by Gasteiger charge is 2.31. The van der Waals surface area contributed by atoms with Gasteiger partial charge in [-0.3, -0.25) is 4.68 Å². The molecular formula is C26H23F2N5O3. The van der Waals surface area contributed by atoms with E-state index in [1.807, 2.05) is 17.1 Å². The zero-order valence-corrected chi connectivity index (χ0v) is 19.5. The Bertz CT molecular complexity index is 1500. The van der Waals surface area contributed by atoms with E-state index in [0.717, 1.165) is 30.5 Å². The lowest BCUT2D eigenvalue weighted by atomic mass is 9.92. The van der Waals surface area contributed by atoms with Gasteiger partial charge in [0.25, 0.3) is 0 Å². The summed E-state index contributed by atoms with van der Waals surface area (Å²) in [7, 11) is 0. The molecular weight excluding hydrogens is 468 g/mol. The van der Waals surface area contributed by atoms with Gasteiger partial charge in [-0.1, -0.05) is 0 Å². The number of carbonyl (C=O) groups is 1. The smallest absolute Gasteiger partial charge is 0.337 e. The Morgan fingerprint density at radius 2 is 1.97 bits per heavy atom. The maximum absolute atomic E-state index is 14.9.